The fraction of sp³-hybridized carbons (Fsp3) is 0.176. The van der Waals surface area contributed by atoms with Crippen molar-refractivity contribution < 1.29 is 28.2 Å². The summed E-state index contributed by atoms with van der Waals surface area (Å²) < 4.78 is 26.9. The van der Waals surface area contributed by atoms with Crippen molar-refractivity contribution in [3.63, 3.8) is 0 Å². The van der Waals surface area contributed by atoms with Crippen molar-refractivity contribution >= 4 is 33.9 Å². The van der Waals surface area contributed by atoms with Gasteiger partial charge in [-0.05, 0) is 40.2 Å². The summed E-state index contributed by atoms with van der Waals surface area (Å²) in [7, 11) is 4.57. The lowest BCUT2D eigenvalue weighted by Crippen LogP contribution is -2.04. The van der Waals surface area contributed by atoms with E-state index in [2.05, 4.69) is 20.9 Å². The fourth-order valence-electron chi connectivity index (χ4n) is 2.26. The largest absolute Gasteiger partial charge is 0.496 e. The van der Waals surface area contributed by atoms with E-state index in [1.807, 2.05) is 0 Å². The van der Waals surface area contributed by atoms with E-state index in [9.17, 15) is 4.79 Å². The first kappa shape index (κ1) is 17.1. The van der Waals surface area contributed by atoms with Crippen molar-refractivity contribution in [3.8, 4) is 17.2 Å². The van der Waals surface area contributed by atoms with Crippen LogP contribution in [0.25, 0.3) is 6.08 Å². The summed E-state index contributed by atoms with van der Waals surface area (Å²) in [4.78, 5) is 16.3. The minimum Gasteiger partial charge on any atom is -0.496 e. The standard InChI is InChI=1S/C17H14BrNO6/c1-21-12-8-14(23-3)13(22-2)7-9(12)6-10-17(20)25-16(19-10)11-4-5-15(18)24-11/h4-8H,1-3H3/b10-6+. The van der Waals surface area contributed by atoms with E-state index >= 15 is 0 Å². The molecule has 7 nitrogen and oxygen atoms in total. The van der Waals surface area contributed by atoms with Crippen LogP contribution in [0.4, 0.5) is 0 Å². The molecule has 0 amide bonds. The van der Waals surface area contributed by atoms with E-state index in [-0.39, 0.29) is 11.6 Å². The first-order valence-electron chi connectivity index (χ1n) is 7.14. The van der Waals surface area contributed by atoms with Gasteiger partial charge in [-0.1, -0.05) is 0 Å². The Morgan fingerprint density at radius 3 is 2.32 bits per heavy atom. The Kier molecular flexibility index (Phi) is 4.80. The Morgan fingerprint density at radius 2 is 1.72 bits per heavy atom. The van der Waals surface area contributed by atoms with Crippen LogP contribution >= 0.6 is 15.9 Å². The molecule has 1 aliphatic rings. The monoisotopic (exact) mass is 407 g/mol. The highest BCUT2D eigenvalue weighted by Gasteiger charge is 2.27. The molecule has 8 heteroatoms. The number of methoxy groups -OCH3 is 3. The Hall–Kier alpha value is -2.74. The van der Waals surface area contributed by atoms with Crippen LogP contribution in [-0.2, 0) is 9.53 Å². The number of nitrogens with zero attached hydrogens (tertiary/aromatic N) is 1. The molecule has 0 saturated heterocycles. The lowest BCUT2D eigenvalue weighted by atomic mass is 10.1. The van der Waals surface area contributed by atoms with E-state index in [4.69, 9.17) is 23.4 Å². The molecule has 0 unspecified atom stereocenters. The number of cyclic esters (lactones) is 1. The number of furan rings is 1. The lowest BCUT2D eigenvalue weighted by Gasteiger charge is -2.12. The average Bonchev–Trinajstić information content (AvgIpc) is 3.20. The maximum Gasteiger partial charge on any atom is 0.363 e. The molecule has 2 heterocycles. The van der Waals surface area contributed by atoms with E-state index < -0.39 is 5.97 Å². The van der Waals surface area contributed by atoms with Crippen molar-refractivity contribution in [2.75, 3.05) is 21.3 Å². The van der Waals surface area contributed by atoms with E-state index in [0.717, 1.165) is 0 Å². The van der Waals surface area contributed by atoms with Crippen LogP contribution in [0.2, 0.25) is 0 Å². The number of benzene rings is 1. The number of carbonyl (C=O) groups excluding carboxylic acids is 1. The van der Waals surface area contributed by atoms with Crippen LogP contribution in [0.3, 0.4) is 0 Å². The average molecular weight is 408 g/mol. The summed E-state index contributed by atoms with van der Waals surface area (Å²) in [5.41, 5.74) is 0.714. The Balaban J connectivity index is 2.02. The maximum absolute atomic E-state index is 12.1. The molecule has 0 bridgehead atoms. The summed E-state index contributed by atoms with van der Waals surface area (Å²) in [6.45, 7) is 0. The van der Waals surface area contributed by atoms with Crippen LogP contribution in [0.1, 0.15) is 11.3 Å². The predicted molar refractivity (Wildman–Crippen MR) is 93.1 cm³/mol. The van der Waals surface area contributed by atoms with Crippen LogP contribution in [0, 0.1) is 0 Å². The lowest BCUT2D eigenvalue weighted by molar-refractivity contribution is -0.130. The smallest absolute Gasteiger partial charge is 0.363 e. The minimum atomic E-state index is -0.584. The number of rotatable bonds is 5. The van der Waals surface area contributed by atoms with E-state index in [1.165, 1.54) is 21.3 Å². The van der Waals surface area contributed by atoms with Gasteiger partial charge in [-0.3, -0.25) is 0 Å². The number of ether oxygens (including phenoxy) is 4. The van der Waals surface area contributed by atoms with Gasteiger partial charge >= 0.3 is 5.97 Å². The first-order valence-corrected chi connectivity index (χ1v) is 7.93. The Labute approximate surface area is 152 Å². The Bertz CT molecular complexity index is 883. The number of esters is 1. The van der Waals surface area contributed by atoms with Crippen LogP contribution in [0.15, 0.2) is 44.0 Å². The van der Waals surface area contributed by atoms with Gasteiger partial charge in [0.2, 0.25) is 0 Å². The van der Waals surface area contributed by atoms with Gasteiger partial charge in [-0.25, -0.2) is 9.79 Å². The van der Waals surface area contributed by atoms with Gasteiger partial charge < -0.3 is 23.4 Å². The van der Waals surface area contributed by atoms with Gasteiger partial charge in [0.15, 0.2) is 27.6 Å². The summed E-state index contributed by atoms with van der Waals surface area (Å²) in [6, 6.07) is 6.69. The van der Waals surface area contributed by atoms with Gasteiger partial charge in [-0.2, -0.15) is 0 Å². The molecule has 1 aromatic heterocycles. The molecule has 25 heavy (non-hydrogen) atoms. The van der Waals surface area contributed by atoms with Crippen LogP contribution in [-0.4, -0.2) is 33.2 Å². The van der Waals surface area contributed by atoms with E-state index in [0.29, 0.717) is 33.2 Å². The summed E-state index contributed by atoms with van der Waals surface area (Å²) in [5, 5.41) is 0. The second-order valence-electron chi connectivity index (χ2n) is 4.89. The highest BCUT2D eigenvalue weighted by atomic mass is 79.9. The van der Waals surface area contributed by atoms with Crippen LogP contribution in [0.5, 0.6) is 17.2 Å². The topological polar surface area (TPSA) is 79.5 Å². The molecule has 1 aromatic carbocycles. The molecule has 0 N–H and O–H groups in total. The molecule has 130 valence electrons. The van der Waals surface area contributed by atoms with Crippen molar-refractivity contribution in [2.24, 2.45) is 4.99 Å². The highest BCUT2D eigenvalue weighted by molar-refractivity contribution is 9.10. The van der Waals surface area contributed by atoms with Crippen molar-refractivity contribution in [3.05, 3.63) is 46.0 Å². The van der Waals surface area contributed by atoms with E-state index in [1.54, 1.807) is 30.3 Å². The number of hydrogen-bond donors (Lipinski definition) is 0. The number of halogens is 1. The second kappa shape index (κ2) is 7.02. The second-order valence-corrected chi connectivity index (χ2v) is 5.67. The molecule has 0 saturated carbocycles. The Morgan fingerprint density at radius 1 is 1.04 bits per heavy atom. The third-order valence-corrected chi connectivity index (χ3v) is 3.86. The van der Waals surface area contributed by atoms with Crippen LogP contribution < -0.4 is 14.2 Å². The zero-order valence-electron chi connectivity index (χ0n) is 13.7. The SMILES string of the molecule is COc1cc(OC)c(OC)cc1/C=C1/N=C(c2ccc(Br)o2)OC1=O. The molecule has 0 atom stereocenters. The third kappa shape index (κ3) is 3.39. The maximum atomic E-state index is 12.1. The summed E-state index contributed by atoms with van der Waals surface area (Å²) in [5.74, 6) is 1.38. The quantitative estimate of drug-likeness (QED) is 0.557. The molecular formula is C17H14BrNO6. The molecule has 0 aliphatic carbocycles. The molecule has 1 aliphatic heterocycles. The van der Waals surface area contributed by atoms with Crippen molar-refractivity contribution in [1.29, 1.82) is 0 Å². The van der Waals surface area contributed by atoms with Gasteiger partial charge in [0.25, 0.3) is 5.90 Å². The fourth-order valence-corrected chi connectivity index (χ4v) is 2.56. The normalized spacial score (nSPS) is 15.1. The third-order valence-electron chi connectivity index (χ3n) is 3.43. The zero-order chi connectivity index (χ0) is 18.0. The number of carbonyl (C=O) groups is 1. The zero-order valence-corrected chi connectivity index (χ0v) is 15.2. The molecule has 0 spiro atoms. The predicted octanol–water partition coefficient (Wildman–Crippen LogP) is 3.41. The van der Waals surface area contributed by atoms with Gasteiger partial charge in [-0.15, -0.1) is 0 Å². The van der Waals surface area contributed by atoms with Gasteiger partial charge in [0.1, 0.15) is 5.75 Å². The number of hydrogen-bond acceptors (Lipinski definition) is 7. The molecule has 0 radical (unpaired) electrons. The van der Waals surface area contributed by atoms with Crippen molar-refractivity contribution in [1.82, 2.24) is 0 Å². The van der Waals surface area contributed by atoms with Gasteiger partial charge in [0, 0.05) is 11.6 Å². The molecule has 2 aromatic rings. The molecular weight excluding hydrogens is 394 g/mol. The molecule has 3 rings (SSSR count). The van der Waals surface area contributed by atoms with Crippen molar-refractivity contribution in [2.45, 2.75) is 0 Å². The first-order chi connectivity index (χ1) is 12.0. The summed E-state index contributed by atoms with van der Waals surface area (Å²) in [6.07, 6.45) is 1.55. The molecule has 0 fully saturated rings. The highest BCUT2D eigenvalue weighted by Crippen LogP contribution is 2.36. The number of aliphatic imine (C=N–C) groups is 1. The minimum absolute atomic E-state index is 0.0985. The van der Waals surface area contributed by atoms with Gasteiger partial charge in [0.05, 0.1) is 21.3 Å². The summed E-state index contributed by atoms with van der Waals surface area (Å²) >= 11 is 3.19.